The van der Waals surface area contributed by atoms with Crippen molar-refractivity contribution in [2.45, 2.75) is 13.0 Å². The zero-order chi connectivity index (χ0) is 13.6. The maximum Gasteiger partial charge on any atom is 0.233 e. The first-order valence-electron chi connectivity index (χ1n) is 6.08. The third-order valence-corrected chi connectivity index (χ3v) is 3.68. The van der Waals surface area contributed by atoms with Crippen LogP contribution in [0.1, 0.15) is 17.5 Å². The predicted octanol–water partition coefficient (Wildman–Crippen LogP) is 1.07. The van der Waals surface area contributed by atoms with Crippen LogP contribution in [0.4, 0.5) is 0 Å². The van der Waals surface area contributed by atoms with E-state index in [1.807, 2.05) is 6.07 Å². The first-order valence-corrected chi connectivity index (χ1v) is 6.08. The van der Waals surface area contributed by atoms with Gasteiger partial charge in [0.1, 0.15) is 11.8 Å². The van der Waals surface area contributed by atoms with Crippen LogP contribution in [0.3, 0.4) is 0 Å². The Morgan fingerprint density at radius 3 is 2.63 bits per heavy atom. The van der Waals surface area contributed by atoms with E-state index in [0.717, 1.165) is 5.56 Å². The van der Waals surface area contributed by atoms with Crippen molar-refractivity contribution in [3.05, 3.63) is 29.3 Å². The predicted molar refractivity (Wildman–Crippen MR) is 64.9 cm³/mol. The number of amides is 2. The van der Waals surface area contributed by atoms with E-state index in [0.29, 0.717) is 17.7 Å². The molecule has 2 fully saturated rings. The van der Waals surface area contributed by atoms with Crippen LogP contribution >= 0.6 is 0 Å². The lowest BCUT2D eigenvalue weighted by atomic mass is 10.1. The summed E-state index contributed by atoms with van der Waals surface area (Å²) in [7, 11) is 1.49. The number of rotatable bonds is 3. The summed E-state index contributed by atoms with van der Waals surface area (Å²) in [4.78, 5) is 25.0. The fraction of sp³-hybridized carbons (Fsp3) is 0.357. The van der Waals surface area contributed by atoms with Crippen LogP contribution in [0.15, 0.2) is 18.2 Å². The van der Waals surface area contributed by atoms with Crippen molar-refractivity contribution < 1.29 is 14.3 Å². The number of nitriles is 1. The van der Waals surface area contributed by atoms with Crippen LogP contribution in [-0.4, -0.2) is 23.8 Å². The van der Waals surface area contributed by atoms with Gasteiger partial charge in [-0.1, -0.05) is 6.07 Å². The molecule has 1 saturated heterocycles. The Bertz CT molecular complexity index is 598. The van der Waals surface area contributed by atoms with E-state index in [1.165, 1.54) is 12.0 Å². The summed E-state index contributed by atoms with van der Waals surface area (Å²) in [6.45, 7) is 0.257. The molecule has 1 heterocycles. The van der Waals surface area contributed by atoms with Gasteiger partial charge < -0.3 is 4.74 Å². The highest BCUT2D eigenvalue weighted by atomic mass is 16.5. The van der Waals surface area contributed by atoms with Gasteiger partial charge in [-0.25, -0.2) is 0 Å². The Kier molecular flexibility index (Phi) is 2.53. The summed E-state index contributed by atoms with van der Waals surface area (Å²) < 4.78 is 5.11. The quantitative estimate of drug-likeness (QED) is 0.758. The molecule has 5 nitrogen and oxygen atoms in total. The van der Waals surface area contributed by atoms with Crippen molar-refractivity contribution >= 4 is 11.8 Å². The number of carbonyl (C=O) groups is 2. The second kappa shape index (κ2) is 4.09. The second-order valence-electron chi connectivity index (χ2n) is 4.86. The van der Waals surface area contributed by atoms with E-state index >= 15 is 0 Å². The Balaban J connectivity index is 1.83. The average Bonchev–Trinajstić information content (AvgIpc) is 3.19. The zero-order valence-corrected chi connectivity index (χ0v) is 10.4. The fourth-order valence-corrected chi connectivity index (χ4v) is 2.51. The van der Waals surface area contributed by atoms with Crippen LogP contribution in [-0.2, 0) is 16.1 Å². The highest BCUT2D eigenvalue weighted by molar-refractivity contribution is 6.08. The summed E-state index contributed by atoms with van der Waals surface area (Å²) in [5, 5.41) is 8.90. The number of hydrogen-bond acceptors (Lipinski definition) is 4. The van der Waals surface area contributed by atoms with Crippen LogP contribution in [0.25, 0.3) is 0 Å². The molecule has 2 atom stereocenters. The Hall–Kier alpha value is -2.35. The number of benzene rings is 1. The smallest absolute Gasteiger partial charge is 0.233 e. The van der Waals surface area contributed by atoms with Gasteiger partial charge in [0, 0.05) is 0 Å². The molecule has 0 spiro atoms. The number of fused-ring (bicyclic) bond motifs is 1. The lowest BCUT2D eigenvalue weighted by Gasteiger charge is -2.17. The number of hydrogen-bond donors (Lipinski definition) is 0. The average molecular weight is 256 g/mol. The van der Waals surface area contributed by atoms with Gasteiger partial charge in [-0.3, -0.25) is 14.5 Å². The summed E-state index contributed by atoms with van der Waals surface area (Å²) in [5.74, 6) is 0.168. The minimum absolute atomic E-state index is 0.0710. The van der Waals surface area contributed by atoms with Crippen molar-refractivity contribution in [1.82, 2.24) is 4.90 Å². The Morgan fingerprint density at radius 2 is 2.05 bits per heavy atom. The van der Waals surface area contributed by atoms with Crippen molar-refractivity contribution in [2.24, 2.45) is 11.8 Å². The van der Waals surface area contributed by atoms with Gasteiger partial charge in [0.2, 0.25) is 11.8 Å². The molecule has 0 N–H and O–H groups in total. The third-order valence-electron chi connectivity index (χ3n) is 3.68. The van der Waals surface area contributed by atoms with Crippen LogP contribution in [0, 0.1) is 23.2 Å². The number of carbonyl (C=O) groups excluding carboxylic acids is 2. The normalized spacial score (nSPS) is 24.1. The molecule has 1 aromatic rings. The third kappa shape index (κ3) is 1.76. The molecule has 1 saturated carbocycles. The van der Waals surface area contributed by atoms with E-state index in [-0.39, 0.29) is 30.2 Å². The van der Waals surface area contributed by atoms with Crippen LogP contribution in [0.2, 0.25) is 0 Å². The SMILES string of the molecule is COc1cc(CN2C(=O)C3CC3C2=O)ccc1C#N. The van der Waals surface area contributed by atoms with Gasteiger partial charge in [0.15, 0.2) is 0 Å². The molecule has 1 aliphatic carbocycles. The topological polar surface area (TPSA) is 70.4 Å². The van der Waals surface area contributed by atoms with Crippen molar-refractivity contribution in [3.63, 3.8) is 0 Å². The van der Waals surface area contributed by atoms with Crippen molar-refractivity contribution in [2.75, 3.05) is 7.11 Å². The maximum absolute atomic E-state index is 11.9. The number of piperidine rings is 1. The Morgan fingerprint density at radius 1 is 1.37 bits per heavy atom. The van der Waals surface area contributed by atoms with Gasteiger partial charge in [-0.15, -0.1) is 0 Å². The minimum atomic E-state index is -0.0761. The molecule has 3 rings (SSSR count). The summed E-state index contributed by atoms with van der Waals surface area (Å²) in [6.07, 6.45) is 0.713. The molecule has 5 heteroatoms. The van der Waals surface area contributed by atoms with Gasteiger partial charge in [-0.2, -0.15) is 5.26 Å². The molecule has 0 radical (unpaired) electrons. The largest absolute Gasteiger partial charge is 0.495 e. The molecule has 96 valence electrons. The lowest BCUT2D eigenvalue weighted by molar-refractivity contribution is -0.142. The zero-order valence-electron chi connectivity index (χ0n) is 10.4. The Labute approximate surface area is 110 Å². The number of nitrogens with zero attached hydrogens (tertiary/aromatic N) is 2. The molecule has 0 bridgehead atoms. The number of methoxy groups -OCH3 is 1. The molecule has 0 aromatic heterocycles. The van der Waals surface area contributed by atoms with E-state index in [1.54, 1.807) is 18.2 Å². The fourth-order valence-electron chi connectivity index (χ4n) is 2.51. The maximum atomic E-state index is 11.9. The molecule has 1 aliphatic heterocycles. The second-order valence-corrected chi connectivity index (χ2v) is 4.86. The molecule has 19 heavy (non-hydrogen) atoms. The van der Waals surface area contributed by atoms with E-state index in [4.69, 9.17) is 10.00 Å². The van der Waals surface area contributed by atoms with Gasteiger partial charge >= 0.3 is 0 Å². The monoisotopic (exact) mass is 256 g/mol. The minimum Gasteiger partial charge on any atom is -0.495 e. The van der Waals surface area contributed by atoms with Gasteiger partial charge in [-0.05, 0) is 24.1 Å². The first kappa shape index (κ1) is 11.7. The molecule has 1 aromatic carbocycles. The summed E-state index contributed by atoms with van der Waals surface area (Å²) >= 11 is 0. The molecule has 2 amide bonds. The van der Waals surface area contributed by atoms with Crippen LogP contribution < -0.4 is 4.74 Å². The first-order chi connectivity index (χ1) is 9.15. The molecule has 2 aliphatic rings. The van der Waals surface area contributed by atoms with E-state index < -0.39 is 0 Å². The van der Waals surface area contributed by atoms with E-state index in [9.17, 15) is 9.59 Å². The highest BCUT2D eigenvalue weighted by Gasteiger charge is 2.58. The van der Waals surface area contributed by atoms with Crippen molar-refractivity contribution in [1.29, 1.82) is 5.26 Å². The highest BCUT2D eigenvalue weighted by Crippen LogP contribution is 2.47. The number of imide groups is 1. The molecular formula is C14H12N2O3. The van der Waals surface area contributed by atoms with Crippen molar-refractivity contribution in [3.8, 4) is 11.8 Å². The molecular weight excluding hydrogens is 244 g/mol. The summed E-state index contributed by atoms with van der Waals surface area (Å²) in [6, 6.07) is 7.10. The van der Waals surface area contributed by atoms with Crippen LogP contribution in [0.5, 0.6) is 5.75 Å². The lowest BCUT2D eigenvalue weighted by Crippen LogP contribution is -2.32. The summed E-state index contributed by atoms with van der Waals surface area (Å²) in [5.41, 5.74) is 1.23. The molecule has 2 unspecified atom stereocenters. The van der Waals surface area contributed by atoms with Gasteiger partial charge in [0.25, 0.3) is 0 Å². The van der Waals surface area contributed by atoms with Gasteiger partial charge in [0.05, 0.1) is 31.1 Å². The standard InChI is InChI=1S/C14H12N2O3/c1-19-12-4-8(2-3-9(12)6-15)7-16-13(17)10-5-11(10)14(16)18/h2-4,10-11H,5,7H2,1H3. The number of likely N-dealkylation sites (tertiary alicyclic amines) is 1. The number of ether oxygens (including phenoxy) is 1. The van der Waals surface area contributed by atoms with E-state index in [2.05, 4.69) is 0 Å².